The molecule has 0 aliphatic heterocycles. The van der Waals surface area contributed by atoms with E-state index in [1.165, 1.54) is 4.52 Å². The predicted octanol–water partition coefficient (Wildman–Crippen LogP) is 1.09. The van der Waals surface area contributed by atoms with Gasteiger partial charge >= 0.3 is 0 Å². The molecular formula is C16H15N5O2. The number of nitrogens with one attached hydrogen (secondary N) is 2. The van der Waals surface area contributed by atoms with Crippen LogP contribution in [0.25, 0.3) is 5.78 Å². The Morgan fingerprint density at radius 1 is 1.22 bits per heavy atom. The van der Waals surface area contributed by atoms with Gasteiger partial charge in [-0.25, -0.2) is 4.98 Å². The number of aromatic amines is 1. The summed E-state index contributed by atoms with van der Waals surface area (Å²) in [5.41, 5.74) is 2.35. The largest absolute Gasteiger partial charge is 0.295 e. The molecule has 1 amide bonds. The Morgan fingerprint density at radius 2 is 2.04 bits per heavy atom. The molecule has 23 heavy (non-hydrogen) atoms. The quantitative estimate of drug-likeness (QED) is 0.757. The lowest BCUT2D eigenvalue weighted by atomic mass is 10.1. The van der Waals surface area contributed by atoms with Gasteiger partial charge in [0.05, 0.1) is 12.1 Å². The van der Waals surface area contributed by atoms with Gasteiger partial charge < -0.3 is 0 Å². The van der Waals surface area contributed by atoms with Crippen molar-refractivity contribution in [3.05, 3.63) is 57.5 Å². The molecule has 0 saturated carbocycles. The zero-order valence-corrected chi connectivity index (χ0v) is 12.4. The summed E-state index contributed by atoms with van der Waals surface area (Å²) in [6, 6.07) is 9.44. The van der Waals surface area contributed by atoms with Gasteiger partial charge in [-0.2, -0.15) is 9.50 Å². The molecular weight excluding hydrogens is 294 g/mol. The van der Waals surface area contributed by atoms with Crippen LogP contribution >= 0.6 is 0 Å². The van der Waals surface area contributed by atoms with Gasteiger partial charge in [-0.05, 0) is 24.8 Å². The summed E-state index contributed by atoms with van der Waals surface area (Å²) in [5, 5.41) is 5.49. The number of aromatic nitrogens is 4. The first-order chi connectivity index (χ1) is 11.2. The molecule has 0 atom stereocenters. The molecule has 0 saturated heterocycles. The SMILES string of the molecule is O=C(Cc1ccccc1)Nc1nc2nc3c(c(=O)n2[nH]1)CCC3. The van der Waals surface area contributed by atoms with Gasteiger partial charge in [-0.3, -0.25) is 20.0 Å². The number of aryl methyl sites for hydroxylation is 1. The minimum Gasteiger partial charge on any atom is -0.295 e. The summed E-state index contributed by atoms with van der Waals surface area (Å²) in [6.07, 6.45) is 2.75. The smallest absolute Gasteiger partial charge is 0.277 e. The van der Waals surface area contributed by atoms with Crippen molar-refractivity contribution in [2.24, 2.45) is 0 Å². The van der Waals surface area contributed by atoms with Crippen molar-refractivity contribution >= 4 is 17.6 Å². The number of nitrogens with zero attached hydrogens (tertiary/aromatic N) is 3. The van der Waals surface area contributed by atoms with Gasteiger partial charge in [0, 0.05) is 5.56 Å². The van der Waals surface area contributed by atoms with Crippen LogP contribution in [0.3, 0.4) is 0 Å². The highest BCUT2D eigenvalue weighted by Gasteiger charge is 2.20. The van der Waals surface area contributed by atoms with Crippen LogP contribution in [0.2, 0.25) is 0 Å². The van der Waals surface area contributed by atoms with Crippen molar-refractivity contribution < 1.29 is 4.79 Å². The van der Waals surface area contributed by atoms with E-state index in [0.717, 1.165) is 36.1 Å². The van der Waals surface area contributed by atoms with E-state index in [4.69, 9.17) is 0 Å². The molecule has 0 fully saturated rings. The molecule has 1 aliphatic rings. The van der Waals surface area contributed by atoms with Crippen LogP contribution < -0.4 is 10.9 Å². The van der Waals surface area contributed by atoms with Crippen molar-refractivity contribution in [1.82, 2.24) is 19.6 Å². The van der Waals surface area contributed by atoms with Crippen molar-refractivity contribution in [3.8, 4) is 0 Å². The van der Waals surface area contributed by atoms with Crippen LogP contribution in [-0.2, 0) is 24.1 Å². The fourth-order valence-corrected chi connectivity index (χ4v) is 2.90. The summed E-state index contributed by atoms with van der Waals surface area (Å²) < 4.78 is 1.29. The number of carbonyl (C=O) groups excluding carboxylic acids is 1. The Labute approximate surface area is 131 Å². The Morgan fingerprint density at radius 3 is 2.87 bits per heavy atom. The van der Waals surface area contributed by atoms with Crippen LogP contribution in [0.1, 0.15) is 23.2 Å². The zero-order valence-electron chi connectivity index (χ0n) is 12.4. The normalized spacial score (nSPS) is 13.2. The fourth-order valence-electron chi connectivity index (χ4n) is 2.90. The van der Waals surface area contributed by atoms with Gasteiger partial charge in [-0.1, -0.05) is 30.3 Å². The number of fused-ring (bicyclic) bond motifs is 2. The molecule has 2 N–H and O–H groups in total. The highest BCUT2D eigenvalue weighted by atomic mass is 16.2. The maximum Gasteiger partial charge on any atom is 0.277 e. The standard InChI is InChI=1S/C16H15N5O2/c22-13(9-10-5-2-1-3-6-10)18-15-19-16-17-12-8-4-7-11(12)14(23)21(16)20-15/h1-3,5-6H,4,7-9H2,(H2,17,18,19,20,22). The van der Waals surface area contributed by atoms with E-state index in [0.29, 0.717) is 5.78 Å². The third kappa shape index (κ3) is 2.50. The number of rotatable bonds is 3. The average Bonchev–Trinajstić information content (AvgIpc) is 3.15. The van der Waals surface area contributed by atoms with E-state index < -0.39 is 0 Å². The maximum absolute atomic E-state index is 12.3. The second-order valence-corrected chi connectivity index (χ2v) is 5.61. The van der Waals surface area contributed by atoms with E-state index in [1.54, 1.807) is 0 Å². The number of H-pyrrole nitrogens is 1. The average molecular weight is 309 g/mol. The number of benzene rings is 1. The number of carbonyl (C=O) groups is 1. The van der Waals surface area contributed by atoms with E-state index in [9.17, 15) is 9.59 Å². The molecule has 2 heterocycles. The van der Waals surface area contributed by atoms with Crippen LogP contribution in [0.4, 0.5) is 5.95 Å². The van der Waals surface area contributed by atoms with Gasteiger partial charge in [-0.15, -0.1) is 0 Å². The second-order valence-electron chi connectivity index (χ2n) is 5.61. The van der Waals surface area contributed by atoms with Crippen molar-refractivity contribution in [2.75, 3.05) is 5.32 Å². The molecule has 1 aliphatic carbocycles. The monoisotopic (exact) mass is 309 g/mol. The molecule has 0 unspecified atom stereocenters. The van der Waals surface area contributed by atoms with E-state index in [-0.39, 0.29) is 23.8 Å². The Kier molecular flexibility index (Phi) is 3.18. The first-order valence-corrected chi connectivity index (χ1v) is 7.55. The minimum absolute atomic E-state index is 0.126. The minimum atomic E-state index is -0.198. The van der Waals surface area contributed by atoms with Crippen LogP contribution in [-0.4, -0.2) is 25.5 Å². The van der Waals surface area contributed by atoms with Gasteiger partial charge in [0.1, 0.15) is 0 Å². The lowest BCUT2D eigenvalue weighted by molar-refractivity contribution is -0.115. The van der Waals surface area contributed by atoms with Gasteiger partial charge in [0.2, 0.25) is 11.9 Å². The van der Waals surface area contributed by atoms with Crippen molar-refractivity contribution in [2.45, 2.75) is 25.7 Å². The lowest BCUT2D eigenvalue weighted by Gasteiger charge is -2.01. The molecule has 7 heteroatoms. The van der Waals surface area contributed by atoms with Crippen LogP contribution in [0.5, 0.6) is 0 Å². The number of amides is 1. The van der Waals surface area contributed by atoms with E-state index >= 15 is 0 Å². The molecule has 1 aromatic carbocycles. The molecule has 2 aromatic heterocycles. The Hall–Kier alpha value is -2.96. The molecule has 7 nitrogen and oxygen atoms in total. The summed E-state index contributed by atoms with van der Waals surface area (Å²) in [5.74, 6) is 0.334. The molecule has 0 radical (unpaired) electrons. The number of hydrogen-bond donors (Lipinski definition) is 2. The summed E-state index contributed by atoms with van der Waals surface area (Å²) in [7, 11) is 0. The topological polar surface area (TPSA) is 92.2 Å². The molecule has 116 valence electrons. The van der Waals surface area contributed by atoms with Gasteiger partial charge in [0.15, 0.2) is 0 Å². The molecule has 0 bridgehead atoms. The van der Waals surface area contributed by atoms with E-state index in [2.05, 4.69) is 20.4 Å². The first-order valence-electron chi connectivity index (χ1n) is 7.55. The van der Waals surface area contributed by atoms with Crippen LogP contribution in [0.15, 0.2) is 35.1 Å². The number of hydrogen-bond acceptors (Lipinski definition) is 4. The highest BCUT2D eigenvalue weighted by Crippen LogP contribution is 2.16. The Bertz CT molecular complexity index is 942. The third-order valence-electron chi connectivity index (χ3n) is 3.98. The lowest BCUT2D eigenvalue weighted by Crippen LogP contribution is -2.20. The van der Waals surface area contributed by atoms with Crippen molar-refractivity contribution in [3.63, 3.8) is 0 Å². The Balaban J connectivity index is 1.59. The van der Waals surface area contributed by atoms with Crippen molar-refractivity contribution in [1.29, 1.82) is 0 Å². The predicted molar refractivity (Wildman–Crippen MR) is 84.4 cm³/mol. The van der Waals surface area contributed by atoms with Gasteiger partial charge in [0.25, 0.3) is 11.3 Å². The zero-order chi connectivity index (χ0) is 15.8. The third-order valence-corrected chi connectivity index (χ3v) is 3.98. The fraction of sp³-hybridized carbons (Fsp3) is 0.250. The van der Waals surface area contributed by atoms with Crippen LogP contribution in [0, 0.1) is 0 Å². The molecule has 0 spiro atoms. The maximum atomic E-state index is 12.3. The first kappa shape index (κ1) is 13.7. The summed E-state index contributed by atoms with van der Waals surface area (Å²) in [4.78, 5) is 33.0. The van der Waals surface area contributed by atoms with E-state index in [1.807, 2.05) is 30.3 Å². The summed E-state index contributed by atoms with van der Waals surface area (Å²) in [6.45, 7) is 0. The molecule has 3 aromatic rings. The summed E-state index contributed by atoms with van der Waals surface area (Å²) >= 11 is 0. The highest BCUT2D eigenvalue weighted by molar-refractivity contribution is 5.90. The second kappa shape index (κ2) is 5.35. The molecule has 4 rings (SSSR count). The number of anilines is 1.